The molecular formula is C11H20. The zero-order valence-corrected chi connectivity index (χ0v) is 8.11. The van der Waals surface area contributed by atoms with E-state index in [-0.39, 0.29) is 0 Å². The summed E-state index contributed by atoms with van der Waals surface area (Å²) in [5, 5.41) is 0. The molecule has 1 unspecified atom stereocenters. The second kappa shape index (κ2) is 5.17. The first-order chi connectivity index (χ1) is 5.09. The van der Waals surface area contributed by atoms with Crippen molar-refractivity contribution in [1.82, 2.24) is 0 Å². The summed E-state index contributed by atoms with van der Waals surface area (Å²) in [6.45, 7) is 14.4. The lowest BCUT2D eigenvalue weighted by molar-refractivity contribution is 0.696. The molecule has 0 fully saturated rings. The molecule has 0 aromatic rings. The van der Waals surface area contributed by atoms with Gasteiger partial charge in [-0.3, -0.25) is 0 Å². The van der Waals surface area contributed by atoms with E-state index in [9.17, 15) is 0 Å². The van der Waals surface area contributed by atoms with Gasteiger partial charge in [-0.2, -0.15) is 0 Å². The number of hydrogen-bond acceptors (Lipinski definition) is 0. The third-order valence-electron chi connectivity index (χ3n) is 2.20. The molecule has 0 nitrogen and oxygen atoms in total. The molecule has 1 atom stereocenters. The van der Waals surface area contributed by atoms with Crippen molar-refractivity contribution in [3.8, 4) is 0 Å². The first-order valence-corrected chi connectivity index (χ1v) is 4.42. The van der Waals surface area contributed by atoms with Crippen molar-refractivity contribution in [3.63, 3.8) is 0 Å². The van der Waals surface area contributed by atoms with Crippen LogP contribution in [-0.4, -0.2) is 0 Å². The van der Waals surface area contributed by atoms with Crippen LogP contribution >= 0.6 is 0 Å². The zero-order valence-electron chi connectivity index (χ0n) is 8.11. The smallest absolute Gasteiger partial charge is 0.00296 e. The van der Waals surface area contributed by atoms with Crippen LogP contribution in [0.2, 0.25) is 0 Å². The molecule has 0 aromatic heterocycles. The largest absolute Gasteiger partial charge is 0.0995 e. The second-order valence-corrected chi connectivity index (χ2v) is 3.33. The minimum absolute atomic E-state index is 0.501. The molecule has 0 aliphatic carbocycles. The molecule has 11 heavy (non-hydrogen) atoms. The Hall–Kier alpha value is -0.520. The van der Waals surface area contributed by atoms with Crippen molar-refractivity contribution in [2.45, 2.75) is 40.0 Å². The maximum atomic E-state index is 4.05. The molecule has 0 heterocycles. The van der Waals surface area contributed by atoms with E-state index in [2.05, 4.69) is 33.9 Å². The SMILES string of the molecule is C=C(C)C(C)C(=C)CCCC. The highest BCUT2D eigenvalue weighted by molar-refractivity contribution is 5.12. The van der Waals surface area contributed by atoms with Gasteiger partial charge in [0.05, 0.1) is 0 Å². The van der Waals surface area contributed by atoms with E-state index < -0.39 is 0 Å². The van der Waals surface area contributed by atoms with Crippen molar-refractivity contribution in [3.05, 3.63) is 24.3 Å². The van der Waals surface area contributed by atoms with Gasteiger partial charge in [0, 0.05) is 0 Å². The maximum Gasteiger partial charge on any atom is -0.00296 e. The monoisotopic (exact) mass is 152 g/mol. The molecule has 0 aliphatic rings. The molecule has 0 saturated carbocycles. The van der Waals surface area contributed by atoms with E-state index in [1.165, 1.54) is 24.0 Å². The Morgan fingerprint density at radius 1 is 1.36 bits per heavy atom. The molecule has 0 bridgehead atoms. The van der Waals surface area contributed by atoms with E-state index >= 15 is 0 Å². The average Bonchev–Trinajstić information content (AvgIpc) is 1.98. The Bertz CT molecular complexity index is 142. The fraction of sp³-hybridized carbons (Fsp3) is 0.636. The highest BCUT2D eigenvalue weighted by Gasteiger charge is 2.05. The van der Waals surface area contributed by atoms with Crippen LogP contribution in [0.15, 0.2) is 24.3 Å². The Balaban J connectivity index is 3.74. The lowest BCUT2D eigenvalue weighted by Crippen LogP contribution is -1.98. The summed E-state index contributed by atoms with van der Waals surface area (Å²) in [4.78, 5) is 0. The van der Waals surface area contributed by atoms with Crippen LogP contribution in [0.25, 0.3) is 0 Å². The normalized spacial score (nSPS) is 12.6. The van der Waals surface area contributed by atoms with Crippen LogP contribution in [0.4, 0.5) is 0 Å². The summed E-state index contributed by atoms with van der Waals surface area (Å²) in [7, 11) is 0. The Labute approximate surface area is 71.0 Å². The van der Waals surface area contributed by atoms with E-state index in [1.807, 2.05) is 0 Å². The summed E-state index contributed by atoms with van der Waals surface area (Å²) in [6.07, 6.45) is 3.67. The lowest BCUT2D eigenvalue weighted by atomic mass is 9.92. The number of rotatable bonds is 5. The number of allylic oxidation sites excluding steroid dienone is 2. The molecular weight excluding hydrogens is 132 g/mol. The van der Waals surface area contributed by atoms with Gasteiger partial charge in [0.1, 0.15) is 0 Å². The van der Waals surface area contributed by atoms with Gasteiger partial charge >= 0.3 is 0 Å². The summed E-state index contributed by atoms with van der Waals surface area (Å²) in [5.74, 6) is 0.501. The molecule has 0 radical (unpaired) electrons. The Morgan fingerprint density at radius 3 is 2.27 bits per heavy atom. The van der Waals surface area contributed by atoms with Crippen molar-refractivity contribution in [1.29, 1.82) is 0 Å². The van der Waals surface area contributed by atoms with Crippen molar-refractivity contribution in [2.24, 2.45) is 5.92 Å². The predicted molar refractivity (Wildman–Crippen MR) is 52.6 cm³/mol. The first-order valence-electron chi connectivity index (χ1n) is 4.42. The minimum atomic E-state index is 0.501. The third kappa shape index (κ3) is 4.02. The molecule has 0 aromatic carbocycles. The second-order valence-electron chi connectivity index (χ2n) is 3.33. The number of unbranched alkanes of at least 4 members (excludes halogenated alkanes) is 1. The Morgan fingerprint density at radius 2 is 1.91 bits per heavy atom. The maximum absolute atomic E-state index is 4.05. The van der Waals surface area contributed by atoms with E-state index in [4.69, 9.17) is 0 Å². The molecule has 0 heteroatoms. The third-order valence-corrected chi connectivity index (χ3v) is 2.20. The topological polar surface area (TPSA) is 0 Å². The van der Waals surface area contributed by atoms with Gasteiger partial charge in [-0.05, 0) is 25.7 Å². The average molecular weight is 152 g/mol. The van der Waals surface area contributed by atoms with Gasteiger partial charge in [0.25, 0.3) is 0 Å². The first kappa shape index (κ1) is 10.5. The van der Waals surface area contributed by atoms with Crippen LogP contribution in [0.5, 0.6) is 0 Å². The van der Waals surface area contributed by atoms with Gasteiger partial charge in [-0.1, -0.05) is 44.6 Å². The zero-order chi connectivity index (χ0) is 8.85. The van der Waals surface area contributed by atoms with Crippen LogP contribution < -0.4 is 0 Å². The minimum Gasteiger partial charge on any atom is -0.0995 e. The predicted octanol–water partition coefficient (Wildman–Crippen LogP) is 3.95. The highest BCUT2D eigenvalue weighted by atomic mass is 14.1. The van der Waals surface area contributed by atoms with Crippen LogP contribution in [-0.2, 0) is 0 Å². The fourth-order valence-electron chi connectivity index (χ4n) is 0.969. The Kier molecular flexibility index (Phi) is 4.93. The summed E-state index contributed by atoms with van der Waals surface area (Å²) < 4.78 is 0. The van der Waals surface area contributed by atoms with Gasteiger partial charge in [-0.15, -0.1) is 0 Å². The van der Waals surface area contributed by atoms with Gasteiger partial charge < -0.3 is 0 Å². The van der Waals surface area contributed by atoms with E-state index in [0.29, 0.717) is 5.92 Å². The summed E-state index contributed by atoms with van der Waals surface area (Å²) in [5.41, 5.74) is 2.56. The molecule has 0 N–H and O–H groups in total. The molecule has 0 aliphatic heterocycles. The van der Waals surface area contributed by atoms with Crippen LogP contribution in [0.3, 0.4) is 0 Å². The van der Waals surface area contributed by atoms with E-state index in [0.717, 1.165) is 6.42 Å². The van der Waals surface area contributed by atoms with Crippen molar-refractivity contribution >= 4 is 0 Å². The fourth-order valence-corrected chi connectivity index (χ4v) is 0.969. The summed E-state index contributed by atoms with van der Waals surface area (Å²) >= 11 is 0. The van der Waals surface area contributed by atoms with Crippen LogP contribution in [0, 0.1) is 5.92 Å². The van der Waals surface area contributed by atoms with Gasteiger partial charge in [0.2, 0.25) is 0 Å². The quantitative estimate of drug-likeness (QED) is 0.523. The van der Waals surface area contributed by atoms with Crippen molar-refractivity contribution < 1.29 is 0 Å². The van der Waals surface area contributed by atoms with Gasteiger partial charge in [0.15, 0.2) is 0 Å². The molecule has 0 amide bonds. The molecule has 0 saturated heterocycles. The number of hydrogen-bond donors (Lipinski definition) is 0. The standard InChI is InChI=1S/C11H20/c1-6-7-8-10(4)11(5)9(2)3/h11H,2,4,6-8H2,1,3,5H3. The van der Waals surface area contributed by atoms with Gasteiger partial charge in [-0.25, -0.2) is 0 Å². The van der Waals surface area contributed by atoms with Crippen molar-refractivity contribution in [2.75, 3.05) is 0 Å². The molecule has 64 valence electrons. The molecule has 0 spiro atoms. The van der Waals surface area contributed by atoms with E-state index in [1.54, 1.807) is 0 Å². The summed E-state index contributed by atoms with van der Waals surface area (Å²) in [6, 6.07) is 0. The lowest BCUT2D eigenvalue weighted by Gasteiger charge is -2.13. The van der Waals surface area contributed by atoms with Crippen LogP contribution in [0.1, 0.15) is 40.0 Å². The highest BCUT2D eigenvalue weighted by Crippen LogP contribution is 2.20. The molecule has 0 rings (SSSR count).